The summed E-state index contributed by atoms with van der Waals surface area (Å²) in [5.74, 6) is -1.86. The maximum absolute atomic E-state index is 15.1. The third-order valence-corrected chi connectivity index (χ3v) is 7.11. The Hall–Kier alpha value is -3.08. The number of ether oxygens (including phenoxy) is 1. The van der Waals surface area contributed by atoms with Crippen molar-refractivity contribution in [2.45, 2.75) is 17.5 Å². The molecule has 166 valence electrons. The molecule has 1 aromatic heterocycles. The molecule has 2 aromatic carbocycles. The average Bonchev–Trinajstić information content (AvgIpc) is 2.83. The predicted molar refractivity (Wildman–Crippen MR) is 117 cm³/mol. The Morgan fingerprint density at radius 3 is 2.66 bits per heavy atom. The van der Waals surface area contributed by atoms with E-state index < -0.39 is 33.4 Å². The second kappa shape index (κ2) is 8.45. The van der Waals surface area contributed by atoms with Gasteiger partial charge in [-0.1, -0.05) is 23.7 Å². The number of nitrogens with zero attached hydrogens (tertiary/aromatic N) is 3. The minimum absolute atomic E-state index is 0.0230. The SMILES string of the molecule is COc1cc(-c2cc3c(cc2F)S(=O)(=O)C[C@H](N)C(=O)N3Cc2ccc(Cl)cc2)cnn1. The fraction of sp³-hybridized carbons (Fsp3) is 0.190. The number of hydrogen-bond acceptors (Lipinski definition) is 7. The van der Waals surface area contributed by atoms with Gasteiger partial charge in [0, 0.05) is 22.2 Å². The lowest BCUT2D eigenvalue weighted by atomic mass is 10.1. The van der Waals surface area contributed by atoms with Crippen molar-refractivity contribution in [3.63, 3.8) is 0 Å². The minimum atomic E-state index is -4.03. The number of nitrogens with two attached hydrogens (primary N) is 1. The van der Waals surface area contributed by atoms with E-state index in [0.29, 0.717) is 16.1 Å². The van der Waals surface area contributed by atoms with Gasteiger partial charge in [0.05, 0.1) is 42.2 Å². The quantitative estimate of drug-likeness (QED) is 0.615. The van der Waals surface area contributed by atoms with Crippen molar-refractivity contribution < 1.29 is 22.3 Å². The van der Waals surface area contributed by atoms with Crippen LogP contribution in [0.4, 0.5) is 10.1 Å². The molecule has 1 aliphatic rings. The van der Waals surface area contributed by atoms with Crippen LogP contribution in [0.2, 0.25) is 5.02 Å². The van der Waals surface area contributed by atoms with Crippen LogP contribution in [-0.2, 0) is 21.2 Å². The minimum Gasteiger partial charge on any atom is -0.480 e. The molecule has 0 saturated heterocycles. The summed E-state index contributed by atoms with van der Waals surface area (Å²) in [4.78, 5) is 14.0. The summed E-state index contributed by atoms with van der Waals surface area (Å²) in [6, 6.07) is 9.11. The van der Waals surface area contributed by atoms with Gasteiger partial charge in [0.15, 0.2) is 9.84 Å². The van der Waals surface area contributed by atoms with Gasteiger partial charge in [-0.3, -0.25) is 4.79 Å². The first-order chi connectivity index (χ1) is 15.2. The lowest BCUT2D eigenvalue weighted by Crippen LogP contribution is -2.45. The zero-order valence-corrected chi connectivity index (χ0v) is 18.4. The van der Waals surface area contributed by atoms with Gasteiger partial charge in [-0.05, 0) is 29.8 Å². The number of benzene rings is 2. The van der Waals surface area contributed by atoms with Crippen molar-refractivity contribution in [1.82, 2.24) is 10.2 Å². The Bertz CT molecular complexity index is 1300. The highest BCUT2D eigenvalue weighted by Crippen LogP contribution is 2.37. The fourth-order valence-electron chi connectivity index (χ4n) is 3.47. The Kier molecular flexibility index (Phi) is 5.85. The largest absolute Gasteiger partial charge is 0.480 e. The smallest absolute Gasteiger partial charge is 0.245 e. The highest BCUT2D eigenvalue weighted by atomic mass is 35.5. The number of aromatic nitrogens is 2. The number of hydrogen-bond donors (Lipinski definition) is 1. The van der Waals surface area contributed by atoms with Crippen LogP contribution in [0.3, 0.4) is 0 Å². The van der Waals surface area contributed by atoms with E-state index in [1.54, 1.807) is 24.3 Å². The highest BCUT2D eigenvalue weighted by molar-refractivity contribution is 7.91. The van der Waals surface area contributed by atoms with Crippen molar-refractivity contribution in [3.05, 3.63) is 65.1 Å². The zero-order chi connectivity index (χ0) is 23.0. The molecule has 2 heterocycles. The molecule has 0 fully saturated rings. The molecule has 1 aliphatic heterocycles. The molecule has 1 amide bonds. The molecule has 0 radical (unpaired) electrons. The number of carbonyl (C=O) groups is 1. The molecule has 0 unspecified atom stereocenters. The molecular formula is C21H18ClFN4O4S. The second-order valence-corrected chi connectivity index (χ2v) is 9.66. The Balaban J connectivity index is 1.91. The number of rotatable bonds is 4. The van der Waals surface area contributed by atoms with Crippen LogP contribution in [-0.4, -0.2) is 43.4 Å². The molecule has 0 aliphatic carbocycles. The summed E-state index contributed by atoms with van der Waals surface area (Å²) in [6.07, 6.45) is 1.32. The van der Waals surface area contributed by atoms with Crippen LogP contribution < -0.4 is 15.4 Å². The standard InChI is InChI=1S/C21H18ClFN4O4S/c1-31-20-6-13(9-25-26-20)15-7-18-19(8-16(15)23)32(29,30)11-17(24)21(28)27(18)10-12-2-4-14(22)5-3-12/h2-9,17H,10-11,24H2,1H3/t17-/m0/s1. The number of methoxy groups -OCH3 is 1. The van der Waals surface area contributed by atoms with Crippen LogP contribution in [0, 0.1) is 5.82 Å². The van der Waals surface area contributed by atoms with Gasteiger partial charge < -0.3 is 15.4 Å². The summed E-state index contributed by atoms with van der Waals surface area (Å²) >= 11 is 5.94. The van der Waals surface area contributed by atoms with E-state index in [2.05, 4.69) is 10.2 Å². The summed E-state index contributed by atoms with van der Waals surface area (Å²) < 4.78 is 45.9. The maximum Gasteiger partial charge on any atom is 0.245 e. The van der Waals surface area contributed by atoms with Crippen LogP contribution in [0.15, 0.2) is 53.6 Å². The summed E-state index contributed by atoms with van der Waals surface area (Å²) in [7, 11) is -2.64. The summed E-state index contributed by atoms with van der Waals surface area (Å²) in [6.45, 7) is 0.0230. The maximum atomic E-state index is 15.1. The summed E-state index contributed by atoms with van der Waals surface area (Å²) in [5, 5.41) is 8.05. The number of halogens is 2. The number of amides is 1. The summed E-state index contributed by atoms with van der Waals surface area (Å²) in [5.41, 5.74) is 6.98. The molecule has 32 heavy (non-hydrogen) atoms. The van der Waals surface area contributed by atoms with Gasteiger partial charge in [0.2, 0.25) is 11.8 Å². The van der Waals surface area contributed by atoms with Crippen LogP contribution in [0.1, 0.15) is 5.56 Å². The highest BCUT2D eigenvalue weighted by Gasteiger charge is 2.37. The first kappa shape index (κ1) is 22.1. The number of fused-ring (bicyclic) bond motifs is 1. The number of sulfone groups is 1. The Morgan fingerprint density at radius 1 is 1.25 bits per heavy atom. The second-order valence-electron chi connectivity index (χ2n) is 7.23. The first-order valence-electron chi connectivity index (χ1n) is 9.44. The van der Waals surface area contributed by atoms with Crippen molar-refractivity contribution in [2.24, 2.45) is 5.73 Å². The van der Waals surface area contributed by atoms with Crippen molar-refractivity contribution in [1.29, 1.82) is 0 Å². The van der Waals surface area contributed by atoms with Gasteiger partial charge in [0.25, 0.3) is 0 Å². The molecule has 1 atom stereocenters. The van der Waals surface area contributed by atoms with Crippen molar-refractivity contribution in [3.8, 4) is 17.0 Å². The van der Waals surface area contributed by atoms with Gasteiger partial charge in [-0.25, -0.2) is 12.8 Å². The van der Waals surface area contributed by atoms with Gasteiger partial charge in [-0.2, -0.15) is 5.10 Å². The topological polar surface area (TPSA) is 115 Å². The molecule has 11 heteroatoms. The molecule has 0 saturated carbocycles. The van der Waals surface area contributed by atoms with Crippen LogP contribution in [0.25, 0.3) is 11.1 Å². The monoisotopic (exact) mass is 476 g/mol. The van der Waals surface area contributed by atoms with Gasteiger partial charge in [0.1, 0.15) is 5.82 Å². The van der Waals surface area contributed by atoms with Gasteiger partial charge in [-0.15, -0.1) is 5.10 Å². The van der Waals surface area contributed by atoms with E-state index in [-0.39, 0.29) is 28.6 Å². The van der Waals surface area contributed by atoms with E-state index in [0.717, 1.165) is 6.07 Å². The number of anilines is 1. The lowest BCUT2D eigenvalue weighted by Gasteiger charge is -2.25. The zero-order valence-electron chi connectivity index (χ0n) is 16.8. The van der Waals surface area contributed by atoms with Crippen molar-refractivity contribution in [2.75, 3.05) is 17.8 Å². The van der Waals surface area contributed by atoms with Crippen LogP contribution >= 0.6 is 11.6 Å². The molecule has 0 bridgehead atoms. The molecule has 2 N–H and O–H groups in total. The van der Waals surface area contributed by atoms with E-state index >= 15 is 4.39 Å². The van der Waals surface area contributed by atoms with E-state index in [1.807, 2.05) is 0 Å². The third-order valence-electron chi connectivity index (χ3n) is 5.06. The van der Waals surface area contributed by atoms with Crippen LogP contribution in [0.5, 0.6) is 5.88 Å². The first-order valence-corrected chi connectivity index (χ1v) is 11.5. The predicted octanol–water partition coefficient (Wildman–Crippen LogP) is 2.59. The molecular weight excluding hydrogens is 459 g/mol. The Labute approximate surface area is 188 Å². The average molecular weight is 477 g/mol. The van der Waals surface area contributed by atoms with E-state index in [4.69, 9.17) is 22.1 Å². The van der Waals surface area contributed by atoms with E-state index in [9.17, 15) is 13.2 Å². The van der Waals surface area contributed by atoms with E-state index in [1.165, 1.54) is 30.3 Å². The molecule has 8 nitrogen and oxygen atoms in total. The molecule has 0 spiro atoms. The third kappa shape index (κ3) is 4.16. The Morgan fingerprint density at radius 2 is 1.97 bits per heavy atom. The fourth-order valence-corrected chi connectivity index (χ4v) is 5.16. The normalized spacial score (nSPS) is 17.6. The lowest BCUT2D eigenvalue weighted by molar-refractivity contribution is -0.119. The molecule has 4 rings (SSSR count). The van der Waals surface area contributed by atoms with Gasteiger partial charge >= 0.3 is 0 Å². The number of carbonyl (C=O) groups excluding carboxylic acids is 1. The molecule has 3 aromatic rings. The van der Waals surface area contributed by atoms with Crippen molar-refractivity contribution >= 4 is 33.0 Å².